The number of carboxylic acids is 1. The van der Waals surface area contributed by atoms with Gasteiger partial charge in [0.15, 0.2) is 0 Å². The van der Waals surface area contributed by atoms with Crippen LogP contribution in [0.3, 0.4) is 0 Å². The van der Waals surface area contributed by atoms with Gasteiger partial charge >= 0.3 is 5.97 Å². The lowest BCUT2D eigenvalue weighted by atomic mass is 10.0. The predicted molar refractivity (Wildman–Crippen MR) is 360 cm³/mol. The molecule has 1 amide bonds. The molecule has 0 saturated heterocycles. The van der Waals surface area contributed by atoms with Crippen molar-refractivity contribution in [1.82, 2.24) is 5.32 Å². The Labute approximate surface area is 529 Å². The van der Waals surface area contributed by atoms with E-state index in [1.165, 1.54) is 16.7 Å². The Morgan fingerprint density at radius 1 is 0.407 bits per heavy atom. The second-order valence-electron chi connectivity index (χ2n) is 18.5. The monoisotopic (exact) mass is 1250 g/mol. The molecule has 10 aromatic carbocycles. The molecular formula is C72H72Cl4N2O7S. The van der Waals surface area contributed by atoms with Gasteiger partial charge in [0, 0.05) is 40.9 Å². The number of ether oxygens (including phenoxy) is 2. The molecule has 4 N–H and O–H groups in total. The van der Waals surface area contributed by atoms with Gasteiger partial charge in [-0.05, 0) is 108 Å². The van der Waals surface area contributed by atoms with Crippen LogP contribution >= 0.6 is 45.4 Å². The number of benzene rings is 10. The van der Waals surface area contributed by atoms with E-state index in [9.17, 15) is 14.4 Å². The molecule has 0 saturated carbocycles. The highest BCUT2D eigenvalue weighted by Crippen LogP contribution is 2.23. The first kappa shape index (κ1) is 71.9. The SMILES string of the molecule is C.C.Cl.NCc1cccc(OCc2ccccc2)c1.O=C(Cc1ccc(-c2ccccc2)cc1)NCc1cccc(OCc2ccccc2)c1.O=C(Cl)Cc1ccc(-c2ccccc2)cc1.O=C(O)Cc1ccc(-c2ccccc2)cc1.O=S(Cl)Cl. The summed E-state index contributed by atoms with van der Waals surface area (Å²) >= 11 is 5.33. The van der Waals surface area contributed by atoms with Gasteiger partial charge < -0.3 is 25.6 Å². The van der Waals surface area contributed by atoms with Crippen molar-refractivity contribution >= 4 is 71.7 Å². The van der Waals surface area contributed by atoms with Crippen molar-refractivity contribution in [3.05, 3.63) is 312 Å². The van der Waals surface area contributed by atoms with E-state index in [0.29, 0.717) is 32.7 Å². The summed E-state index contributed by atoms with van der Waals surface area (Å²) in [7, 11) is 7.36. The second-order valence-corrected chi connectivity index (χ2v) is 21.4. The van der Waals surface area contributed by atoms with E-state index in [4.69, 9.17) is 36.1 Å². The summed E-state index contributed by atoms with van der Waals surface area (Å²) in [4.78, 5) is 33.7. The van der Waals surface area contributed by atoms with Gasteiger partial charge in [0.1, 0.15) is 24.7 Å². The zero-order valence-corrected chi connectivity index (χ0v) is 49.8. The number of halogens is 4. The normalized spacial score (nSPS) is 9.78. The molecule has 0 aliphatic rings. The Morgan fingerprint density at radius 2 is 0.709 bits per heavy atom. The van der Waals surface area contributed by atoms with Gasteiger partial charge in [-0.25, -0.2) is 4.21 Å². The van der Waals surface area contributed by atoms with E-state index in [1.807, 2.05) is 237 Å². The molecule has 10 rings (SSSR count). The molecule has 0 fully saturated rings. The molecule has 446 valence electrons. The molecule has 0 spiro atoms. The number of nitrogens with one attached hydrogen (secondary N) is 1. The van der Waals surface area contributed by atoms with Gasteiger partial charge in [-0.1, -0.05) is 264 Å². The van der Waals surface area contributed by atoms with Crippen LogP contribution in [0.5, 0.6) is 11.5 Å². The summed E-state index contributed by atoms with van der Waals surface area (Å²) in [5, 5.41) is 11.3. The Balaban J connectivity index is 0.000000304. The summed E-state index contributed by atoms with van der Waals surface area (Å²) in [6.07, 6.45) is 0.727. The van der Waals surface area contributed by atoms with Crippen LogP contribution in [0.2, 0.25) is 0 Å². The number of carbonyl (C=O) groups excluding carboxylic acids is 2. The maximum absolute atomic E-state index is 12.4. The van der Waals surface area contributed by atoms with Crippen LogP contribution < -0.4 is 20.5 Å². The van der Waals surface area contributed by atoms with Crippen LogP contribution in [0, 0.1) is 0 Å². The molecule has 0 bridgehead atoms. The van der Waals surface area contributed by atoms with Gasteiger partial charge in [0.25, 0.3) is 0 Å². The number of rotatable bonds is 18. The van der Waals surface area contributed by atoms with Crippen molar-refractivity contribution in [1.29, 1.82) is 0 Å². The molecule has 0 unspecified atom stereocenters. The van der Waals surface area contributed by atoms with Crippen LogP contribution in [0.25, 0.3) is 33.4 Å². The number of hydrogen-bond donors (Lipinski definition) is 3. The minimum Gasteiger partial charge on any atom is -0.489 e. The lowest BCUT2D eigenvalue weighted by Crippen LogP contribution is -2.24. The first-order valence-corrected chi connectivity index (χ1v) is 29.6. The minimum atomic E-state index is -1.67. The second kappa shape index (κ2) is 40.9. The van der Waals surface area contributed by atoms with Crippen molar-refractivity contribution in [2.45, 2.75) is 60.4 Å². The average Bonchev–Trinajstić information content (AvgIpc) is 3.73. The van der Waals surface area contributed by atoms with Crippen LogP contribution in [-0.2, 0) is 69.2 Å². The van der Waals surface area contributed by atoms with Gasteiger partial charge in [-0.15, -0.1) is 12.4 Å². The van der Waals surface area contributed by atoms with E-state index in [0.717, 1.165) is 67.1 Å². The molecule has 0 aromatic heterocycles. The van der Waals surface area contributed by atoms with E-state index in [-0.39, 0.29) is 51.3 Å². The fourth-order valence-electron chi connectivity index (χ4n) is 8.11. The highest BCUT2D eigenvalue weighted by Gasteiger charge is 2.07. The molecule has 0 radical (unpaired) electrons. The number of carbonyl (C=O) groups is 3. The van der Waals surface area contributed by atoms with Crippen LogP contribution in [0.1, 0.15) is 53.8 Å². The Bertz CT molecular complexity index is 3420. The largest absolute Gasteiger partial charge is 0.489 e. The Kier molecular flexibility index (Phi) is 34.2. The molecule has 86 heavy (non-hydrogen) atoms. The Morgan fingerprint density at radius 3 is 1.06 bits per heavy atom. The zero-order valence-electron chi connectivity index (χ0n) is 45.9. The fourth-order valence-corrected chi connectivity index (χ4v) is 8.26. The molecule has 10 aromatic rings. The van der Waals surface area contributed by atoms with Crippen LogP contribution in [0.4, 0.5) is 0 Å². The molecule has 0 aliphatic carbocycles. The van der Waals surface area contributed by atoms with E-state index < -0.39 is 15.2 Å². The van der Waals surface area contributed by atoms with Crippen LogP contribution in [0.15, 0.2) is 273 Å². The van der Waals surface area contributed by atoms with E-state index in [2.05, 4.69) is 63.1 Å². The molecule has 0 heterocycles. The zero-order chi connectivity index (χ0) is 58.9. The fraction of sp³-hybridized carbons (Fsp3) is 0.125. The topological polar surface area (TPSA) is 145 Å². The van der Waals surface area contributed by atoms with Gasteiger partial charge in [0.2, 0.25) is 20.4 Å². The van der Waals surface area contributed by atoms with E-state index in [1.54, 1.807) is 0 Å². The molecule has 0 aliphatic heterocycles. The molecular weight excluding hydrogens is 1180 g/mol. The van der Waals surface area contributed by atoms with Gasteiger partial charge in [-0.2, -0.15) is 0 Å². The first-order chi connectivity index (χ1) is 40.4. The standard InChI is InChI=1S/C28H25NO2.C14H11ClO.C14H15NO.C14H12O2.2CH4.Cl2OS.ClH/c30-28(19-22-14-16-26(17-15-22)25-11-5-2-6-12-25)29-20-24-10-7-13-27(18-24)31-21-23-8-3-1-4-9-23;15-14(16)10-11-6-8-13(9-7-11)12-4-2-1-3-5-12;15-10-13-7-4-8-14(9-13)16-11-12-5-2-1-3-6-12;15-14(16)10-11-6-8-13(9-7-11)12-4-2-1-3-5-12;;;1-4(2)3;/h1-18H,19-21H2,(H,29,30);1-9H,10H2;1-9H,10-11,15H2;1-9H,10H2,(H,15,16);2*1H4;;1H. The third-order valence-corrected chi connectivity index (χ3v) is 12.4. The number of aliphatic carboxylic acids is 1. The quantitative estimate of drug-likeness (QED) is 0.0720. The van der Waals surface area contributed by atoms with Crippen molar-refractivity contribution in [2.24, 2.45) is 5.73 Å². The van der Waals surface area contributed by atoms with E-state index >= 15 is 0 Å². The Hall–Kier alpha value is -8.32. The van der Waals surface area contributed by atoms with Gasteiger partial charge in [-0.3, -0.25) is 14.4 Å². The summed E-state index contributed by atoms with van der Waals surface area (Å²) in [6.45, 7) is 2.14. The number of hydrogen-bond acceptors (Lipinski definition) is 7. The first-order valence-electron chi connectivity index (χ1n) is 26.4. The highest BCUT2D eigenvalue weighted by atomic mass is 36.0. The maximum atomic E-state index is 12.4. The highest BCUT2D eigenvalue weighted by molar-refractivity contribution is 8.26. The summed E-state index contributed by atoms with van der Waals surface area (Å²) in [5.74, 6) is 0.870. The maximum Gasteiger partial charge on any atom is 0.307 e. The molecule has 9 nitrogen and oxygen atoms in total. The summed E-state index contributed by atoms with van der Waals surface area (Å²) in [6, 6.07) is 89.9. The third kappa shape index (κ3) is 28.0. The summed E-state index contributed by atoms with van der Waals surface area (Å²) < 4.78 is 20.6. The van der Waals surface area contributed by atoms with Crippen molar-refractivity contribution in [3.63, 3.8) is 0 Å². The van der Waals surface area contributed by atoms with Crippen molar-refractivity contribution < 1.29 is 33.2 Å². The third-order valence-electron chi connectivity index (χ3n) is 12.3. The van der Waals surface area contributed by atoms with Crippen molar-refractivity contribution in [2.75, 3.05) is 0 Å². The number of nitrogens with two attached hydrogens (primary N) is 1. The predicted octanol–water partition coefficient (Wildman–Crippen LogP) is 17.9. The lowest BCUT2D eigenvalue weighted by Gasteiger charge is -2.10. The molecule has 0 atom stereocenters. The minimum absolute atomic E-state index is 0. The number of amides is 1. The van der Waals surface area contributed by atoms with Gasteiger partial charge in [0.05, 0.1) is 12.8 Å². The molecule has 14 heteroatoms. The van der Waals surface area contributed by atoms with Crippen LogP contribution in [-0.4, -0.2) is 26.4 Å². The van der Waals surface area contributed by atoms with Crippen molar-refractivity contribution in [3.8, 4) is 44.9 Å². The smallest absolute Gasteiger partial charge is 0.307 e. The summed E-state index contributed by atoms with van der Waals surface area (Å²) in [5.41, 5.74) is 19.6. The average molecular weight is 1250 g/mol. The lowest BCUT2D eigenvalue weighted by molar-refractivity contribution is -0.136. The number of carboxylic acid groups (broad SMARTS) is 1.